The van der Waals surface area contributed by atoms with Gasteiger partial charge in [-0.2, -0.15) is 0 Å². The summed E-state index contributed by atoms with van der Waals surface area (Å²) in [5, 5.41) is 2.62. The van der Waals surface area contributed by atoms with Crippen molar-refractivity contribution in [3.63, 3.8) is 0 Å². The maximum atomic E-state index is 11.9. The Labute approximate surface area is 198 Å². The number of carbonyl (C=O) groups excluding carboxylic acids is 1. The van der Waals surface area contributed by atoms with E-state index in [1.54, 1.807) is 0 Å². The first-order chi connectivity index (χ1) is 15.5. The molecule has 1 aliphatic rings. The van der Waals surface area contributed by atoms with Gasteiger partial charge < -0.3 is 15.5 Å². The van der Waals surface area contributed by atoms with E-state index in [1.807, 2.05) is 36.4 Å². The molecule has 0 spiro atoms. The van der Waals surface area contributed by atoms with Crippen LogP contribution in [0.15, 0.2) is 47.2 Å². The summed E-state index contributed by atoms with van der Waals surface area (Å²) < 4.78 is 1.03. The number of nitrogens with one attached hydrogen (secondary N) is 1. The second-order valence-electron chi connectivity index (χ2n) is 8.13. The number of carbonyl (C=O) groups is 1. The first-order valence-corrected chi connectivity index (χ1v) is 11.6. The zero-order valence-corrected chi connectivity index (χ0v) is 19.6. The number of piperazine rings is 1. The Morgan fingerprint density at radius 1 is 1.16 bits per heavy atom. The van der Waals surface area contributed by atoms with Gasteiger partial charge in [-0.3, -0.25) is 9.80 Å². The summed E-state index contributed by atoms with van der Waals surface area (Å²) in [5.41, 5.74) is 9.99. The molecule has 0 saturated carbocycles. The number of hydrogen-bond acceptors (Lipinski definition) is 6. The fourth-order valence-corrected chi connectivity index (χ4v) is 5.08. The molecule has 4 aromatic rings. The Balaban J connectivity index is 1.29. The summed E-state index contributed by atoms with van der Waals surface area (Å²) in [7, 11) is 0. The average molecular weight is 514 g/mol. The topological polar surface area (TPSA) is 91.1 Å². The van der Waals surface area contributed by atoms with Gasteiger partial charge >= 0.3 is 0 Å². The van der Waals surface area contributed by atoms with E-state index in [0.717, 1.165) is 63.5 Å². The molecule has 0 amide bonds. The first-order valence-electron chi connectivity index (χ1n) is 10.4. The van der Waals surface area contributed by atoms with Crippen LogP contribution in [0.3, 0.4) is 0 Å². The van der Waals surface area contributed by atoms with E-state index in [1.165, 1.54) is 6.33 Å². The molecule has 0 aliphatic carbocycles. The van der Waals surface area contributed by atoms with E-state index < -0.39 is 0 Å². The SMILES string of the molecule is Nc1ncnc2cc(CN3CCN(Cc4[nH]c5ccc(Cl)cc5c4Br)CC3C=O)ccc12. The number of aldehydes is 1. The summed E-state index contributed by atoms with van der Waals surface area (Å²) in [4.78, 5) is 28.3. The van der Waals surface area contributed by atoms with Gasteiger partial charge in [-0.15, -0.1) is 0 Å². The minimum atomic E-state index is -0.174. The Bertz CT molecular complexity index is 1310. The highest BCUT2D eigenvalue weighted by Crippen LogP contribution is 2.31. The molecule has 164 valence electrons. The van der Waals surface area contributed by atoms with Gasteiger partial charge in [-0.05, 0) is 51.8 Å². The van der Waals surface area contributed by atoms with Crippen molar-refractivity contribution in [1.29, 1.82) is 0 Å². The molecule has 1 saturated heterocycles. The summed E-state index contributed by atoms with van der Waals surface area (Å²) in [6, 6.07) is 11.6. The van der Waals surface area contributed by atoms with Crippen LogP contribution >= 0.6 is 27.5 Å². The summed E-state index contributed by atoms with van der Waals surface area (Å²) in [5.74, 6) is 0.478. The third kappa shape index (κ3) is 4.11. The number of benzene rings is 2. The lowest BCUT2D eigenvalue weighted by molar-refractivity contribution is -0.115. The first kappa shape index (κ1) is 21.3. The number of aromatic nitrogens is 3. The number of anilines is 1. The van der Waals surface area contributed by atoms with Gasteiger partial charge in [-0.1, -0.05) is 17.7 Å². The fraction of sp³-hybridized carbons (Fsp3) is 0.261. The van der Waals surface area contributed by atoms with Crippen LogP contribution in [-0.2, 0) is 17.9 Å². The highest BCUT2D eigenvalue weighted by molar-refractivity contribution is 9.10. The van der Waals surface area contributed by atoms with Crippen molar-refractivity contribution in [1.82, 2.24) is 24.8 Å². The monoisotopic (exact) mass is 512 g/mol. The van der Waals surface area contributed by atoms with Gasteiger partial charge in [0.25, 0.3) is 0 Å². The summed E-state index contributed by atoms with van der Waals surface area (Å²) >= 11 is 9.86. The standard InChI is InChI=1S/C23H22BrClN6O/c24-22-18-8-15(25)2-4-19(18)29-21(22)11-30-5-6-31(16(10-30)12-32)9-14-1-3-17-20(7-14)27-13-28-23(17)26/h1-4,7-8,12-13,16,29H,5-6,9-11H2,(H2,26,27,28). The number of nitrogen functional groups attached to an aromatic ring is 1. The summed E-state index contributed by atoms with van der Waals surface area (Å²) in [6.45, 7) is 3.77. The number of fused-ring (bicyclic) bond motifs is 2. The molecule has 3 N–H and O–H groups in total. The smallest absolute Gasteiger partial charge is 0.138 e. The van der Waals surface area contributed by atoms with E-state index >= 15 is 0 Å². The second kappa shape index (κ2) is 8.78. The van der Waals surface area contributed by atoms with Crippen molar-refractivity contribution in [2.75, 3.05) is 25.4 Å². The number of hydrogen-bond donors (Lipinski definition) is 2. The Kier molecular flexibility index (Phi) is 5.86. The lowest BCUT2D eigenvalue weighted by atomic mass is 10.1. The van der Waals surface area contributed by atoms with E-state index in [2.05, 4.69) is 40.7 Å². The van der Waals surface area contributed by atoms with Gasteiger partial charge in [0.15, 0.2) is 0 Å². The molecule has 32 heavy (non-hydrogen) atoms. The average Bonchev–Trinajstić information content (AvgIpc) is 3.09. The molecular weight excluding hydrogens is 492 g/mol. The third-order valence-electron chi connectivity index (χ3n) is 6.04. The maximum absolute atomic E-state index is 11.9. The number of halogens is 2. The van der Waals surface area contributed by atoms with E-state index in [-0.39, 0.29) is 6.04 Å². The van der Waals surface area contributed by atoms with Crippen LogP contribution < -0.4 is 5.73 Å². The molecule has 1 aliphatic heterocycles. The molecule has 1 atom stereocenters. The Hall–Kier alpha value is -2.52. The molecule has 2 aromatic carbocycles. The third-order valence-corrected chi connectivity index (χ3v) is 7.18. The highest BCUT2D eigenvalue weighted by atomic mass is 79.9. The number of nitrogens with zero attached hydrogens (tertiary/aromatic N) is 4. The molecule has 9 heteroatoms. The molecule has 0 radical (unpaired) electrons. The van der Waals surface area contributed by atoms with Crippen LogP contribution in [0.1, 0.15) is 11.3 Å². The number of rotatable bonds is 5. The predicted octanol–water partition coefficient (Wildman–Crippen LogP) is 3.99. The zero-order chi connectivity index (χ0) is 22.2. The number of nitrogens with two attached hydrogens (primary N) is 1. The lowest BCUT2D eigenvalue weighted by Gasteiger charge is -2.39. The summed E-state index contributed by atoms with van der Waals surface area (Å²) in [6.07, 6.45) is 2.53. The fourth-order valence-electron chi connectivity index (χ4n) is 4.35. The second-order valence-corrected chi connectivity index (χ2v) is 9.36. The van der Waals surface area contributed by atoms with Crippen LogP contribution in [0.25, 0.3) is 21.8 Å². The molecule has 1 fully saturated rings. The van der Waals surface area contributed by atoms with Gasteiger partial charge in [-0.25, -0.2) is 9.97 Å². The maximum Gasteiger partial charge on any atom is 0.138 e. The van der Waals surface area contributed by atoms with Crippen molar-refractivity contribution in [2.24, 2.45) is 0 Å². The van der Waals surface area contributed by atoms with Crippen LogP contribution in [0.5, 0.6) is 0 Å². The van der Waals surface area contributed by atoms with Gasteiger partial charge in [0, 0.05) is 64.2 Å². The molecule has 3 heterocycles. The van der Waals surface area contributed by atoms with Crippen LogP contribution in [-0.4, -0.2) is 56.7 Å². The van der Waals surface area contributed by atoms with Crippen LogP contribution in [0.4, 0.5) is 5.82 Å². The Morgan fingerprint density at radius 3 is 2.88 bits per heavy atom. The predicted molar refractivity (Wildman–Crippen MR) is 130 cm³/mol. The lowest BCUT2D eigenvalue weighted by Crippen LogP contribution is -2.53. The molecule has 5 rings (SSSR count). The van der Waals surface area contributed by atoms with Crippen LogP contribution in [0, 0.1) is 0 Å². The van der Waals surface area contributed by atoms with Crippen molar-refractivity contribution < 1.29 is 4.79 Å². The quantitative estimate of drug-likeness (QED) is 0.392. The van der Waals surface area contributed by atoms with Gasteiger partial charge in [0.1, 0.15) is 18.4 Å². The minimum absolute atomic E-state index is 0.174. The minimum Gasteiger partial charge on any atom is -0.383 e. The molecular formula is C23H22BrClN6O. The van der Waals surface area contributed by atoms with Gasteiger partial charge in [0.2, 0.25) is 0 Å². The van der Waals surface area contributed by atoms with Crippen molar-refractivity contribution >= 4 is 61.4 Å². The largest absolute Gasteiger partial charge is 0.383 e. The van der Waals surface area contributed by atoms with E-state index in [4.69, 9.17) is 17.3 Å². The molecule has 2 aromatic heterocycles. The molecule has 1 unspecified atom stereocenters. The normalized spacial score (nSPS) is 17.9. The highest BCUT2D eigenvalue weighted by Gasteiger charge is 2.27. The zero-order valence-electron chi connectivity index (χ0n) is 17.3. The molecule has 0 bridgehead atoms. The Morgan fingerprint density at radius 2 is 2.03 bits per heavy atom. The number of H-pyrrole nitrogens is 1. The van der Waals surface area contributed by atoms with Crippen molar-refractivity contribution in [3.8, 4) is 0 Å². The van der Waals surface area contributed by atoms with Crippen molar-refractivity contribution in [3.05, 3.63) is 63.5 Å². The van der Waals surface area contributed by atoms with Crippen molar-refractivity contribution in [2.45, 2.75) is 19.1 Å². The van der Waals surface area contributed by atoms with E-state index in [0.29, 0.717) is 23.9 Å². The van der Waals surface area contributed by atoms with E-state index in [9.17, 15) is 4.79 Å². The van der Waals surface area contributed by atoms with Gasteiger partial charge in [0.05, 0.1) is 11.6 Å². The number of aromatic amines is 1. The van der Waals surface area contributed by atoms with Crippen LogP contribution in [0.2, 0.25) is 5.02 Å². The molecule has 7 nitrogen and oxygen atoms in total.